The summed E-state index contributed by atoms with van der Waals surface area (Å²) in [5, 5.41) is 127. The molecule has 4 aliphatic heterocycles. The molecule has 74 heavy (non-hydrogen) atoms. The zero-order chi connectivity index (χ0) is 54.0. The molecule has 4 saturated heterocycles. The van der Waals surface area contributed by atoms with Gasteiger partial charge in [0, 0.05) is 0 Å². The molecule has 0 radical (unpaired) electrons. The maximum Gasteiger partial charge on any atom is 0.335 e. The minimum atomic E-state index is -2.03. The predicted molar refractivity (Wildman–Crippen MR) is 251 cm³/mol. The van der Waals surface area contributed by atoms with Crippen molar-refractivity contribution < 1.29 is 109 Å². The molecule has 9 aliphatic rings. The number of hydrogen-bond acceptors (Lipinski definition) is 21. The van der Waals surface area contributed by atoms with Crippen LogP contribution in [0.2, 0.25) is 0 Å². The smallest absolute Gasteiger partial charge is 0.335 e. The number of esters is 1. The van der Waals surface area contributed by atoms with Gasteiger partial charge in [0.05, 0.1) is 31.3 Å². The first-order valence-corrected chi connectivity index (χ1v) is 26.6. The quantitative estimate of drug-likeness (QED) is 0.0734. The number of ether oxygens (including phenoxy) is 8. The number of aliphatic carboxylic acids is 1. The van der Waals surface area contributed by atoms with Crippen molar-refractivity contribution in [3.63, 3.8) is 0 Å². The highest BCUT2D eigenvalue weighted by Crippen LogP contribution is 2.76. The van der Waals surface area contributed by atoms with Crippen molar-refractivity contribution in [2.45, 2.75) is 229 Å². The fourth-order valence-electron chi connectivity index (χ4n) is 15.9. The van der Waals surface area contributed by atoms with Crippen LogP contribution in [-0.2, 0) is 47.5 Å². The number of hydrogen-bond donors (Lipinski definition) is 12. The van der Waals surface area contributed by atoms with E-state index in [1.165, 1.54) is 5.57 Å². The lowest BCUT2D eigenvalue weighted by atomic mass is 9.33. The average molecular weight is 1060 g/mol. The standard InChI is InChI=1S/C52H82O22/c1-47(2)14-16-52(46(66)74-44-36(62)33(59)32(58)26(19-53)69-44)17-15-50(6)22(23(52)18-47)8-9-28-49(5)12-11-29(48(3,4)27(49)10-13-51(28,50)7)70-45-40(73-43-35(61)31(57)25(55)21-68-43)38(37(63)39(72-45)41(64)65)71-42-34(60)30(56)24(54)20-67-42/h8,23-40,42-45,53-63H,9-21H2,1-7H3,(H,64,65). The van der Waals surface area contributed by atoms with E-state index in [1.807, 2.05) is 0 Å². The third-order valence-electron chi connectivity index (χ3n) is 20.6. The van der Waals surface area contributed by atoms with Crippen molar-refractivity contribution in [2.24, 2.45) is 50.2 Å². The van der Waals surface area contributed by atoms with Gasteiger partial charge in [-0.1, -0.05) is 60.1 Å². The lowest BCUT2D eigenvalue weighted by Crippen LogP contribution is -2.68. The molecule has 22 heteroatoms. The molecule has 0 aromatic heterocycles. The first-order valence-electron chi connectivity index (χ1n) is 26.6. The lowest BCUT2D eigenvalue weighted by Gasteiger charge is -2.71. The van der Waals surface area contributed by atoms with E-state index < -0.39 is 159 Å². The van der Waals surface area contributed by atoms with E-state index >= 15 is 0 Å². The molecule has 0 amide bonds. The van der Waals surface area contributed by atoms with Gasteiger partial charge >= 0.3 is 11.9 Å². The molecule has 422 valence electrons. The van der Waals surface area contributed by atoms with E-state index in [-0.39, 0.29) is 39.4 Å². The van der Waals surface area contributed by atoms with Gasteiger partial charge in [-0.3, -0.25) is 4.79 Å². The van der Waals surface area contributed by atoms with Crippen molar-refractivity contribution in [1.82, 2.24) is 0 Å². The Bertz CT molecular complexity index is 2090. The molecular weight excluding hydrogens is 977 g/mol. The third kappa shape index (κ3) is 9.12. The van der Waals surface area contributed by atoms with Crippen molar-refractivity contribution in [1.29, 1.82) is 0 Å². The van der Waals surface area contributed by atoms with Crippen molar-refractivity contribution in [3.8, 4) is 0 Å². The Morgan fingerprint density at radius 3 is 1.82 bits per heavy atom. The zero-order valence-electron chi connectivity index (χ0n) is 43.4. The molecular formula is C52H82O22. The van der Waals surface area contributed by atoms with Gasteiger partial charge in [-0.25, -0.2) is 4.79 Å². The van der Waals surface area contributed by atoms with Crippen LogP contribution in [0.4, 0.5) is 0 Å². The van der Waals surface area contributed by atoms with Crippen LogP contribution < -0.4 is 0 Å². The topological polar surface area (TPSA) is 351 Å². The van der Waals surface area contributed by atoms with E-state index in [0.717, 1.165) is 32.1 Å². The van der Waals surface area contributed by atoms with Crippen LogP contribution in [-0.4, -0.2) is 210 Å². The normalized spacial score (nSPS) is 53.0. The highest BCUT2D eigenvalue weighted by atomic mass is 16.8. The van der Waals surface area contributed by atoms with Crippen molar-refractivity contribution in [2.75, 3.05) is 19.8 Å². The van der Waals surface area contributed by atoms with Gasteiger partial charge < -0.3 is 99.2 Å². The number of carboxylic acid groups (broad SMARTS) is 1. The molecule has 0 spiro atoms. The highest BCUT2D eigenvalue weighted by molar-refractivity contribution is 5.79. The van der Waals surface area contributed by atoms with Crippen LogP contribution >= 0.6 is 0 Å². The molecule has 4 heterocycles. The van der Waals surface area contributed by atoms with Crippen molar-refractivity contribution >= 4 is 11.9 Å². The van der Waals surface area contributed by atoms with Gasteiger partial charge in [-0.15, -0.1) is 0 Å². The zero-order valence-corrected chi connectivity index (χ0v) is 43.4. The van der Waals surface area contributed by atoms with Gasteiger partial charge in [0.1, 0.15) is 79.4 Å². The Hall–Kier alpha value is -2.04. The number of carbonyl (C=O) groups is 2. The monoisotopic (exact) mass is 1060 g/mol. The Morgan fingerprint density at radius 2 is 1.22 bits per heavy atom. The molecule has 5 aliphatic carbocycles. The fraction of sp³-hybridized carbons (Fsp3) is 0.923. The maximum atomic E-state index is 14.8. The minimum Gasteiger partial charge on any atom is -0.479 e. The van der Waals surface area contributed by atoms with Gasteiger partial charge in [0.2, 0.25) is 6.29 Å². The summed E-state index contributed by atoms with van der Waals surface area (Å²) in [6.07, 6.45) is -22.0. The summed E-state index contributed by atoms with van der Waals surface area (Å²) in [5.74, 6) is -2.11. The molecule has 12 N–H and O–H groups in total. The molecule has 0 aromatic carbocycles. The summed E-state index contributed by atoms with van der Waals surface area (Å²) in [6, 6.07) is 0. The SMILES string of the molecule is CC1(C)CCC2(C(=O)OC3OC(CO)C(O)C(O)C3O)CCC3(C)C(=CCC4C5(C)CCC(OC6OC(C(=O)O)C(O)C(OC7OCC(O)C(O)C7O)C6OC6OCC(O)C(O)C6O)C(C)(C)C5CCC43C)C2C1. The predicted octanol–water partition coefficient (Wildman–Crippen LogP) is -0.665. The van der Waals surface area contributed by atoms with Gasteiger partial charge in [-0.05, 0) is 109 Å². The third-order valence-corrected chi connectivity index (χ3v) is 20.6. The molecule has 22 nitrogen and oxygen atoms in total. The number of carboxylic acids is 1. The number of fused-ring (bicyclic) bond motifs is 7. The first kappa shape index (κ1) is 56.7. The van der Waals surface area contributed by atoms with E-state index in [9.17, 15) is 70.9 Å². The minimum absolute atomic E-state index is 0.0323. The molecule has 9 rings (SSSR count). The molecule has 0 aromatic rings. The second-order valence-corrected chi connectivity index (χ2v) is 25.4. The molecule has 4 saturated carbocycles. The van der Waals surface area contributed by atoms with Gasteiger partial charge in [0.25, 0.3) is 0 Å². The molecule has 26 unspecified atom stereocenters. The Balaban J connectivity index is 0.991. The van der Waals surface area contributed by atoms with Crippen LogP contribution in [0.5, 0.6) is 0 Å². The Kier molecular flexibility index (Phi) is 15.5. The van der Waals surface area contributed by atoms with Gasteiger partial charge in [-0.2, -0.15) is 0 Å². The summed E-state index contributed by atoms with van der Waals surface area (Å²) in [6.45, 7) is 14.1. The lowest BCUT2D eigenvalue weighted by molar-refractivity contribution is -0.386. The van der Waals surface area contributed by atoms with Crippen molar-refractivity contribution in [3.05, 3.63) is 11.6 Å². The molecule has 8 fully saturated rings. The number of rotatable bonds is 10. The summed E-state index contributed by atoms with van der Waals surface area (Å²) < 4.78 is 48.0. The molecule has 0 bridgehead atoms. The number of allylic oxidation sites excluding steroid dienone is 2. The number of aliphatic hydroxyl groups is 11. The summed E-state index contributed by atoms with van der Waals surface area (Å²) in [7, 11) is 0. The highest BCUT2D eigenvalue weighted by Gasteiger charge is 2.70. The second-order valence-electron chi connectivity index (χ2n) is 25.4. The summed E-state index contributed by atoms with van der Waals surface area (Å²) in [4.78, 5) is 27.6. The summed E-state index contributed by atoms with van der Waals surface area (Å²) >= 11 is 0. The summed E-state index contributed by atoms with van der Waals surface area (Å²) in [5.41, 5.74) is -1.30. The van der Waals surface area contributed by atoms with E-state index in [4.69, 9.17) is 37.9 Å². The van der Waals surface area contributed by atoms with Crippen LogP contribution in [0.25, 0.3) is 0 Å². The van der Waals surface area contributed by atoms with Crippen LogP contribution in [0.15, 0.2) is 11.6 Å². The average Bonchev–Trinajstić information content (AvgIpc) is 3.34. The van der Waals surface area contributed by atoms with Gasteiger partial charge in [0.15, 0.2) is 25.0 Å². The van der Waals surface area contributed by atoms with E-state index in [1.54, 1.807) is 0 Å². The van der Waals surface area contributed by atoms with Crippen LogP contribution in [0.1, 0.15) is 113 Å². The number of carbonyl (C=O) groups excluding carboxylic acids is 1. The van der Waals surface area contributed by atoms with Crippen LogP contribution in [0.3, 0.4) is 0 Å². The Morgan fingerprint density at radius 1 is 0.622 bits per heavy atom. The number of aliphatic hydroxyl groups excluding tert-OH is 11. The second kappa shape index (κ2) is 20.3. The fourth-order valence-corrected chi connectivity index (χ4v) is 15.9. The van der Waals surface area contributed by atoms with E-state index in [2.05, 4.69) is 54.5 Å². The van der Waals surface area contributed by atoms with E-state index in [0.29, 0.717) is 32.1 Å². The maximum absolute atomic E-state index is 14.8. The first-order chi connectivity index (χ1) is 34.6. The van der Waals surface area contributed by atoms with Crippen LogP contribution in [0, 0.1) is 50.2 Å². The Labute approximate surface area is 430 Å². The largest absolute Gasteiger partial charge is 0.479 e. The molecule has 26 atom stereocenters.